The Morgan fingerprint density at radius 3 is 2.33 bits per heavy atom. The minimum Gasteiger partial charge on any atom is -0.377 e. The number of nitrogens with zero attached hydrogens (tertiary/aromatic N) is 3. The van der Waals surface area contributed by atoms with Crippen LogP contribution in [0.4, 0.5) is 17.1 Å². The van der Waals surface area contributed by atoms with Gasteiger partial charge in [0.1, 0.15) is 11.2 Å². The first kappa shape index (κ1) is 14.8. The molecule has 1 aromatic carbocycles. The first-order chi connectivity index (χ1) is 9.86. The summed E-state index contributed by atoms with van der Waals surface area (Å²) in [6, 6.07) is 2.67. The number of nitrogens with one attached hydrogen (secondary N) is 1. The van der Waals surface area contributed by atoms with E-state index in [0.717, 1.165) is 6.07 Å². The molecule has 0 aliphatic carbocycles. The molecule has 0 unspecified atom stereocenters. The van der Waals surface area contributed by atoms with Crippen molar-refractivity contribution in [3.63, 3.8) is 0 Å². The largest absolute Gasteiger partial charge is 0.377 e. The van der Waals surface area contributed by atoms with Crippen LogP contribution in [0.25, 0.3) is 10.9 Å². The van der Waals surface area contributed by atoms with Crippen LogP contribution in [-0.4, -0.2) is 20.5 Å². The maximum absolute atomic E-state index is 11.2. The van der Waals surface area contributed by atoms with Crippen molar-refractivity contribution in [3.05, 3.63) is 38.6 Å². The normalized spacial score (nSPS) is 11.0. The number of hydrogen-bond donors (Lipinski definition) is 1. The molecule has 0 saturated heterocycles. The Labute approximate surface area is 120 Å². The molecule has 112 valence electrons. The van der Waals surface area contributed by atoms with E-state index >= 15 is 0 Å². The third-order valence-corrected chi connectivity index (χ3v) is 3.17. The zero-order valence-electron chi connectivity index (χ0n) is 12.0. The molecule has 8 nitrogen and oxygen atoms in total. The molecule has 1 aromatic heterocycles. The van der Waals surface area contributed by atoms with Crippen molar-refractivity contribution in [2.75, 3.05) is 5.32 Å². The molecule has 1 N–H and O–H groups in total. The molecule has 1 heterocycles. The van der Waals surface area contributed by atoms with Crippen molar-refractivity contribution >= 4 is 28.0 Å². The quantitative estimate of drug-likeness (QED) is 0.672. The van der Waals surface area contributed by atoms with Gasteiger partial charge in [-0.25, -0.2) is 0 Å². The first-order valence-corrected chi connectivity index (χ1v) is 6.58. The first-order valence-electron chi connectivity index (χ1n) is 6.58. The van der Waals surface area contributed by atoms with Gasteiger partial charge in [0.15, 0.2) is 0 Å². The van der Waals surface area contributed by atoms with E-state index in [1.54, 1.807) is 16.8 Å². The summed E-state index contributed by atoms with van der Waals surface area (Å²) in [6.45, 7) is 6.12. The molecule has 0 aliphatic heterocycles. The number of nitro benzene ring substituents is 2. The number of non-ortho nitro benzene ring substituents is 1. The number of aryl methyl sites for hydroxylation is 1. The SMILES string of the molecule is CCn1ccc2c(NC(C)C)c([N+](=O)[O-])cc([N+](=O)[O-])c21. The number of hydrogen-bond acceptors (Lipinski definition) is 5. The lowest BCUT2D eigenvalue weighted by Gasteiger charge is -2.12. The summed E-state index contributed by atoms with van der Waals surface area (Å²) in [6.07, 6.45) is 1.70. The van der Waals surface area contributed by atoms with Crippen LogP contribution in [0.2, 0.25) is 0 Å². The van der Waals surface area contributed by atoms with Gasteiger partial charge >= 0.3 is 5.69 Å². The fraction of sp³-hybridized carbons (Fsp3) is 0.385. The summed E-state index contributed by atoms with van der Waals surface area (Å²) >= 11 is 0. The predicted octanol–water partition coefficient (Wildman–Crippen LogP) is 3.30. The molecule has 0 aliphatic rings. The van der Waals surface area contributed by atoms with Crippen molar-refractivity contribution in [3.8, 4) is 0 Å². The molecule has 8 heteroatoms. The van der Waals surface area contributed by atoms with Gasteiger partial charge in [-0.2, -0.15) is 0 Å². The highest BCUT2D eigenvalue weighted by molar-refractivity contribution is 6.02. The highest BCUT2D eigenvalue weighted by atomic mass is 16.6. The van der Waals surface area contributed by atoms with Crippen LogP contribution in [0.15, 0.2) is 18.3 Å². The van der Waals surface area contributed by atoms with Crippen LogP contribution in [0, 0.1) is 20.2 Å². The number of rotatable bonds is 5. The van der Waals surface area contributed by atoms with Crippen molar-refractivity contribution in [2.45, 2.75) is 33.4 Å². The van der Waals surface area contributed by atoms with Gasteiger partial charge in [0.05, 0.1) is 15.9 Å². The molecule has 0 atom stereocenters. The summed E-state index contributed by atoms with van der Waals surface area (Å²) in [5.74, 6) is 0. The van der Waals surface area contributed by atoms with E-state index in [4.69, 9.17) is 0 Å². The smallest absolute Gasteiger partial charge is 0.300 e. The van der Waals surface area contributed by atoms with Gasteiger partial charge in [-0.15, -0.1) is 0 Å². The van der Waals surface area contributed by atoms with Crippen molar-refractivity contribution in [1.29, 1.82) is 0 Å². The Balaban J connectivity index is 2.89. The summed E-state index contributed by atoms with van der Waals surface area (Å²) < 4.78 is 1.71. The number of benzene rings is 1. The van der Waals surface area contributed by atoms with Crippen LogP contribution in [0.3, 0.4) is 0 Å². The molecular weight excluding hydrogens is 276 g/mol. The van der Waals surface area contributed by atoms with Crippen LogP contribution in [0.5, 0.6) is 0 Å². The van der Waals surface area contributed by atoms with Gasteiger partial charge in [-0.1, -0.05) is 0 Å². The topological polar surface area (TPSA) is 103 Å². The third-order valence-electron chi connectivity index (χ3n) is 3.17. The average Bonchev–Trinajstić information content (AvgIpc) is 2.81. The highest BCUT2D eigenvalue weighted by Crippen LogP contribution is 2.40. The Morgan fingerprint density at radius 2 is 1.86 bits per heavy atom. The Hall–Kier alpha value is -2.64. The zero-order valence-corrected chi connectivity index (χ0v) is 12.0. The molecule has 0 radical (unpaired) electrons. The number of nitro groups is 2. The van der Waals surface area contributed by atoms with Gasteiger partial charge in [-0.05, 0) is 26.8 Å². The van der Waals surface area contributed by atoms with E-state index in [0.29, 0.717) is 23.1 Å². The van der Waals surface area contributed by atoms with Crippen LogP contribution < -0.4 is 5.32 Å². The number of aromatic nitrogens is 1. The van der Waals surface area contributed by atoms with E-state index in [1.165, 1.54) is 0 Å². The Bertz CT molecular complexity index is 721. The second-order valence-electron chi connectivity index (χ2n) is 4.97. The van der Waals surface area contributed by atoms with Gasteiger partial charge in [0.2, 0.25) is 0 Å². The number of anilines is 1. The Kier molecular flexibility index (Phi) is 3.79. The van der Waals surface area contributed by atoms with E-state index in [9.17, 15) is 20.2 Å². The molecule has 2 rings (SSSR count). The fourth-order valence-electron chi connectivity index (χ4n) is 2.35. The standard InChI is InChI=1S/C13H16N4O4/c1-4-15-6-5-9-12(14-8(2)3)10(16(18)19)7-11(13(9)15)17(20)21/h5-8,14H,4H2,1-3H3. The lowest BCUT2D eigenvalue weighted by Crippen LogP contribution is -2.12. The maximum Gasteiger partial charge on any atom is 0.300 e. The molecule has 0 bridgehead atoms. The minimum absolute atomic E-state index is 0.0293. The number of fused-ring (bicyclic) bond motifs is 1. The average molecular weight is 292 g/mol. The lowest BCUT2D eigenvalue weighted by molar-refractivity contribution is -0.392. The molecule has 0 fully saturated rings. The molecule has 0 amide bonds. The Morgan fingerprint density at radius 1 is 1.24 bits per heavy atom. The fourth-order valence-corrected chi connectivity index (χ4v) is 2.35. The summed E-state index contributed by atoms with van der Waals surface area (Å²) in [5.41, 5.74) is 0.189. The predicted molar refractivity (Wildman–Crippen MR) is 79.7 cm³/mol. The van der Waals surface area contributed by atoms with Crippen molar-refractivity contribution < 1.29 is 9.85 Å². The summed E-state index contributed by atoms with van der Waals surface area (Å²) in [5, 5.41) is 26.0. The summed E-state index contributed by atoms with van der Waals surface area (Å²) in [4.78, 5) is 21.3. The second-order valence-corrected chi connectivity index (χ2v) is 4.97. The van der Waals surface area contributed by atoms with E-state index in [2.05, 4.69) is 5.32 Å². The molecule has 21 heavy (non-hydrogen) atoms. The summed E-state index contributed by atoms with van der Waals surface area (Å²) in [7, 11) is 0. The second kappa shape index (κ2) is 5.39. The van der Waals surface area contributed by atoms with Crippen LogP contribution in [0.1, 0.15) is 20.8 Å². The maximum atomic E-state index is 11.2. The van der Waals surface area contributed by atoms with Gasteiger partial charge in [0.25, 0.3) is 5.69 Å². The van der Waals surface area contributed by atoms with Crippen LogP contribution >= 0.6 is 0 Å². The van der Waals surface area contributed by atoms with Crippen molar-refractivity contribution in [2.24, 2.45) is 0 Å². The molecule has 2 aromatic rings. The monoisotopic (exact) mass is 292 g/mol. The third kappa shape index (κ3) is 2.51. The van der Waals surface area contributed by atoms with Crippen LogP contribution in [-0.2, 0) is 6.54 Å². The van der Waals surface area contributed by atoms with E-state index < -0.39 is 9.85 Å². The molecular formula is C13H16N4O4. The van der Waals surface area contributed by atoms with E-state index in [-0.39, 0.29) is 17.4 Å². The van der Waals surface area contributed by atoms with Gasteiger partial charge in [-0.3, -0.25) is 20.2 Å². The van der Waals surface area contributed by atoms with Gasteiger partial charge < -0.3 is 9.88 Å². The van der Waals surface area contributed by atoms with Crippen molar-refractivity contribution in [1.82, 2.24) is 4.57 Å². The lowest BCUT2D eigenvalue weighted by atomic mass is 10.1. The molecule has 0 spiro atoms. The highest BCUT2D eigenvalue weighted by Gasteiger charge is 2.27. The van der Waals surface area contributed by atoms with Gasteiger partial charge in [0, 0.05) is 24.2 Å². The minimum atomic E-state index is -0.597. The molecule has 0 saturated carbocycles. The zero-order chi connectivity index (χ0) is 15.7. The van der Waals surface area contributed by atoms with E-state index in [1.807, 2.05) is 20.8 Å².